The molecular weight excluding hydrogens is 318 g/mol. The van der Waals surface area contributed by atoms with Crippen molar-refractivity contribution in [2.24, 2.45) is 0 Å². The van der Waals surface area contributed by atoms with Crippen molar-refractivity contribution in [2.75, 3.05) is 25.0 Å². The fraction of sp³-hybridized carbons (Fsp3) is 0.375. The zero-order chi connectivity index (χ0) is 15.4. The van der Waals surface area contributed by atoms with Crippen molar-refractivity contribution in [1.29, 1.82) is 0 Å². The van der Waals surface area contributed by atoms with Crippen molar-refractivity contribution in [3.05, 3.63) is 46.4 Å². The molecule has 3 rings (SSSR count). The molecule has 1 saturated heterocycles. The summed E-state index contributed by atoms with van der Waals surface area (Å²) in [5.74, 6) is 0.543. The molecule has 4 nitrogen and oxygen atoms in total. The van der Waals surface area contributed by atoms with E-state index in [0.29, 0.717) is 17.5 Å². The van der Waals surface area contributed by atoms with Gasteiger partial charge in [-0.05, 0) is 36.6 Å². The maximum Gasteiger partial charge on any atom is 0.227 e. The van der Waals surface area contributed by atoms with Crippen LogP contribution in [0, 0.1) is 0 Å². The molecule has 0 spiro atoms. The number of rotatable bonds is 5. The molecule has 1 aliphatic heterocycles. The number of carbonyl (C=O) groups excluding carboxylic acids is 1. The van der Waals surface area contributed by atoms with E-state index in [1.807, 2.05) is 23.6 Å². The Hall–Kier alpha value is -1.43. The Balaban J connectivity index is 1.46. The number of hydrogen-bond acceptors (Lipinski definition) is 4. The summed E-state index contributed by atoms with van der Waals surface area (Å²) in [5.41, 5.74) is 1.29. The van der Waals surface area contributed by atoms with Gasteiger partial charge < -0.3 is 10.2 Å². The highest BCUT2D eigenvalue weighted by atomic mass is 35.5. The number of anilines is 1. The molecule has 2 aromatic rings. The SMILES string of the molecule is O=C(CCN1CC[C@@H](c2cccc(Cl)c2)C1)Nc1nccs1. The molecule has 1 fully saturated rings. The maximum atomic E-state index is 11.9. The molecule has 0 saturated carbocycles. The third-order valence-electron chi connectivity index (χ3n) is 3.93. The summed E-state index contributed by atoms with van der Waals surface area (Å²) >= 11 is 7.50. The third kappa shape index (κ3) is 4.06. The quantitative estimate of drug-likeness (QED) is 0.907. The highest BCUT2D eigenvalue weighted by Gasteiger charge is 2.24. The Morgan fingerprint density at radius 3 is 3.18 bits per heavy atom. The van der Waals surface area contributed by atoms with E-state index in [-0.39, 0.29) is 5.91 Å². The summed E-state index contributed by atoms with van der Waals surface area (Å²) in [5, 5.41) is 6.13. The second kappa shape index (κ2) is 7.22. The van der Waals surface area contributed by atoms with Gasteiger partial charge in [0.25, 0.3) is 0 Å². The zero-order valence-electron chi connectivity index (χ0n) is 12.2. The predicted octanol–water partition coefficient (Wildman–Crippen LogP) is 3.61. The number of hydrogen-bond donors (Lipinski definition) is 1. The topological polar surface area (TPSA) is 45.2 Å². The van der Waals surface area contributed by atoms with Crippen LogP contribution in [0.4, 0.5) is 5.13 Å². The molecular formula is C16H18ClN3OS. The summed E-state index contributed by atoms with van der Waals surface area (Å²) in [7, 11) is 0. The largest absolute Gasteiger partial charge is 0.302 e. The molecule has 1 aromatic carbocycles. The first-order chi connectivity index (χ1) is 10.7. The lowest BCUT2D eigenvalue weighted by molar-refractivity contribution is -0.116. The molecule has 1 aliphatic rings. The number of aromatic nitrogens is 1. The predicted molar refractivity (Wildman–Crippen MR) is 90.6 cm³/mol. The first-order valence-electron chi connectivity index (χ1n) is 7.38. The fourth-order valence-corrected chi connectivity index (χ4v) is 3.54. The van der Waals surface area contributed by atoms with E-state index in [9.17, 15) is 4.79 Å². The van der Waals surface area contributed by atoms with E-state index in [1.54, 1.807) is 6.20 Å². The van der Waals surface area contributed by atoms with Crippen LogP contribution in [0.2, 0.25) is 5.02 Å². The minimum absolute atomic E-state index is 0.0288. The molecule has 1 aromatic heterocycles. The van der Waals surface area contributed by atoms with E-state index >= 15 is 0 Å². The van der Waals surface area contributed by atoms with Crippen LogP contribution in [0.1, 0.15) is 24.3 Å². The number of thiazole rings is 1. The molecule has 0 unspecified atom stereocenters. The van der Waals surface area contributed by atoms with E-state index < -0.39 is 0 Å². The van der Waals surface area contributed by atoms with Gasteiger partial charge in [0.15, 0.2) is 5.13 Å². The standard InChI is InChI=1S/C16H18ClN3OS/c17-14-3-1-2-12(10-14)13-4-7-20(11-13)8-5-15(21)19-16-18-6-9-22-16/h1-3,6,9-10,13H,4-5,7-8,11H2,(H,18,19,21)/t13-/m1/s1. The second-order valence-corrected chi connectivity index (χ2v) is 6.81. The Bertz CT molecular complexity index is 632. The lowest BCUT2D eigenvalue weighted by atomic mass is 9.99. The summed E-state index contributed by atoms with van der Waals surface area (Å²) in [6.45, 7) is 2.81. The van der Waals surface area contributed by atoms with Gasteiger partial charge >= 0.3 is 0 Å². The number of halogens is 1. The Kier molecular flexibility index (Phi) is 5.08. The lowest BCUT2D eigenvalue weighted by Crippen LogP contribution is -2.25. The van der Waals surface area contributed by atoms with Crippen LogP contribution >= 0.6 is 22.9 Å². The minimum atomic E-state index is 0.0288. The highest BCUT2D eigenvalue weighted by Crippen LogP contribution is 2.28. The molecule has 6 heteroatoms. The van der Waals surface area contributed by atoms with Gasteiger partial charge in [0.05, 0.1) is 0 Å². The van der Waals surface area contributed by atoms with E-state index in [4.69, 9.17) is 11.6 Å². The van der Waals surface area contributed by atoms with Crippen molar-refractivity contribution in [1.82, 2.24) is 9.88 Å². The van der Waals surface area contributed by atoms with Gasteiger partial charge in [0.2, 0.25) is 5.91 Å². The number of carbonyl (C=O) groups is 1. The van der Waals surface area contributed by atoms with Crippen molar-refractivity contribution >= 4 is 34.0 Å². The van der Waals surface area contributed by atoms with Crippen LogP contribution in [0.25, 0.3) is 0 Å². The van der Waals surface area contributed by atoms with Crippen LogP contribution in [0.15, 0.2) is 35.8 Å². The summed E-state index contributed by atoms with van der Waals surface area (Å²) < 4.78 is 0. The van der Waals surface area contributed by atoms with Crippen molar-refractivity contribution in [3.8, 4) is 0 Å². The number of likely N-dealkylation sites (tertiary alicyclic amines) is 1. The Morgan fingerprint density at radius 2 is 2.41 bits per heavy atom. The molecule has 0 bridgehead atoms. The Labute approximate surface area is 139 Å². The van der Waals surface area contributed by atoms with Gasteiger partial charge in [-0.15, -0.1) is 11.3 Å². The normalized spacial score (nSPS) is 18.5. The van der Waals surface area contributed by atoms with Crippen molar-refractivity contribution in [3.63, 3.8) is 0 Å². The molecule has 2 heterocycles. The second-order valence-electron chi connectivity index (χ2n) is 5.48. The van der Waals surface area contributed by atoms with Gasteiger partial charge in [0, 0.05) is 36.1 Å². The first-order valence-corrected chi connectivity index (χ1v) is 8.63. The lowest BCUT2D eigenvalue weighted by Gasteiger charge is -2.15. The minimum Gasteiger partial charge on any atom is -0.302 e. The molecule has 1 amide bonds. The molecule has 1 N–H and O–H groups in total. The zero-order valence-corrected chi connectivity index (χ0v) is 13.7. The smallest absolute Gasteiger partial charge is 0.227 e. The molecule has 22 heavy (non-hydrogen) atoms. The van der Waals surface area contributed by atoms with Crippen LogP contribution in [0.5, 0.6) is 0 Å². The van der Waals surface area contributed by atoms with Gasteiger partial charge in [-0.25, -0.2) is 4.98 Å². The average molecular weight is 336 g/mol. The van der Waals surface area contributed by atoms with Gasteiger partial charge in [-0.1, -0.05) is 23.7 Å². The van der Waals surface area contributed by atoms with E-state index in [1.165, 1.54) is 16.9 Å². The van der Waals surface area contributed by atoms with Gasteiger partial charge in [-0.2, -0.15) is 0 Å². The molecule has 0 aliphatic carbocycles. The van der Waals surface area contributed by atoms with E-state index in [2.05, 4.69) is 21.3 Å². The van der Waals surface area contributed by atoms with Crippen LogP contribution < -0.4 is 5.32 Å². The summed E-state index contributed by atoms with van der Waals surface area (Å²) in [6.07, 6.45) is 3.31. The monoisotopic (exact) mass is 335 g/mol. The number of nitrogens with one attached hydrogen (secondary N) is 1. The third-order valence-corrected chi connectivity index (χ3v) is 4.85. The van der Waals surface area contributed by atoms with Crippen molar-refractivity contribution < 1.29 is 4.79 Å². The van der Waals surface area contributed by atoms with Gasteiger partial charge in [-0.3, -0.25) is 4.79 Å². The molecule has 116 valence electrons. The molecule has 1 atom stereocenters. The molecule has 0 radical (unpaired) electrons. The summed E-state index contributed by atoms with van der Waals surface area (Å²) in [6, 6.07) is 8.09. The average Bonchev–Trinajstić information content (AvgIpc) is 3.16. The first kappa shape index (κ1) is 15.5. The highest BCUT2D eigenvalue weighted by molar-refractivity contribution is 7.13. The van der Waals surface area contributed by atoms with E-state index in [0.717, 1.165) is 31.1 Å². The van der Waals surface area contributed by atoms with Crippen LogP contribution in [-0.4, -0.2) is 35.4 Å². The number of nitrogens with zero attached hydrogens (tertiary/aromatic N) is 2. The number of benzene rings is 1. The van der Waals surface area contributed by atoms with Crippen molar-refractivity contribution in [2.45, 2.75) is 18.8 Å². The van der Waals surface area contributed by atoms with Crippen LogP contribution in [-0.2, 0) is 4.79 Å². The summed E-state index contributed by atoms with van der Waals surface area (Å²) in [4.78, 5) is 18.3. The van der Waals surface area contributed by atoms with Crippen LogP contribution in [0.3, 0.4) is 0 Å². The number of amides is 1. The maximum absolute atomic E-state index is 11.9. The van der Waals surface area contributed by atoms with Gasteiger partial charge in [0.1, 0.15) is 0 Å². The Morgan fingerprint density at radius 1 is 1.50 bits per heavy atom. The fourth-order valence-electron chi connectivity index (χ4n) is 2.79.